The third-order valence-electron chi connectivity index (χ3n) is 5.30. The number of hydrogen-bond donors (Lipinski definition) is 1. The number of nitrogens with zero attached hydrogens (tertiary/aromatic N) is 1. The largest absolute Gasteiger partial charge is 0.472 e. The number of likely N-dealkylation sites (N-methyl/N-ethyl adjacent to an activating group) is 1. The van der Waals surface area contributed by atoms with Crippen molar-refractivity contribution in [1.29, 1.82) is 0 Å². The highest BCUT2D eigenvalue weighted by molar-refractivity contribution is 7.47. The molecule has 0 aliphatic carbocycles. The van der Waals surface area contributed by atoms with Crippen LogP contribution in [0.4, 0.5) is 0 Å². The van der Waals surface area contributed by atoms with Gasteiger partial charge < -0.3 is 14.1 Å². The topological polar surface area (TPSA) is 65.0 Å². The maximum absolute atomic E-state index is 11.7. The Morgan fingerprint density at radius 2 is 1.19 bits per heavy atom. The summed E-state index contributed by atoms with van der Waals surface area (Å²) in [5.41, 5.74) is 0. The molecule has 0 aliphatic rings. The Balaban J connectivity index is 3.31. The van der Waals surface area contributed by atoms with Gasteiger partial charge in [-0.05, 0) is 32.1 Å². The van der Waals surface area contributed by atoms with E-state index in [0.29, 0.717) is 24.2 Å². The summed E-state index contributed by atoms with van der Waals surface area (Å²) in [7, 11) is 2.02. The Labute approximate surface area is 198 Å². The average molecular weight is 479 g/mol. The molecule has 0 saturated carbocycles. The number of allylic oxidation sites excluding steroid dienone is 2. The molecule has 7 heteroatoms. The maximum Gasteiger partial charge on any atom is 0.472 e. The maximum atomic E-state index is 11.7. The molecule has 0 spiro atoms. The van der Waals surface area contributed by atoms with Crippen LogP contribution in [0.25, 0.3) is 0 Å². The number of ether oxygens (including phenoxy) is 1. The molecule has 32 heavy (non-hydrogen) atoms. The van der Waals surface area contributed by atoms with Crippen LogP contribution in [-0.4, -0.2) is 63.5 Å². The van der Waals surface area contributed by atoms with Crippen molar-refractivity contribution in [2.75, 3.05) is 54.1 Å². The van der Waals surface area contributed by atoms with E-state index < -0.39 is 7.82 Å². The lowest BCUT2D eigenvalue weighted by Crippen LogP contribution is -2.37. The number of phosphoric ester groups is 1. The summed E-state index contributed by atoms with van der Waals surface area (Å²) in [4.78, 5) is 9.61. The van der Waals surface area contributed by atoms with Crippen molar-refractivity contribution in [3.8, 4) is 0 Å². The fraction of sp³-hybridized carbons (Fsp3) is 0.920. The van der Waals surface area contributed by atoms with Crippen molar-refractivity contribution in [2.24, 2.45) is 0 Å². The van der Waals surface area contributed by atoms with Crippen LogP contribution in [-0.2, 0) is 18.3 Å². The van der Waals surface area contributed by atoms with Crippen molar-refractivity contribution < 1.29 is 27.7 Å². The van der Waals surface area contributed by atoms with Gasteiger partial charge in [-0.1, -0.05) is 76.9 Å². The second-order valence-electron chi connectivity index (χ2n) is 9.70. The lowest BCUT2D eigenvalue weighted by Gasteiger charge is -2.24. The Bertz CT molecular complexity index is 479. The lowest BCUT2D eigenvalue weighted by atomic mass is 10.1. The van der Waals surface area contributed by atoms with E-state index in [-0.39, 0.29) is 13.2 Å². The SMILES string of the molecule is CCCCCCCC/C=C\CCCCCCCCOCCOP(=O)(O)OCC[N+](C)(C)C. The molecule has 0 aliphatic heterocycles. The monoisotopic (exact) mass is 478 g/mol. The first-order valence-corrected chi connectivity index (χ1v) is 14.4. The minimum atomic E-state index is -3.97. The van der Waals surface area contributed by atoms with E-state index in [4.69, 9.17) is 13.8 Å². The number of hydrogen-bond acceptors (Lipinski definition) is 4. The van der Waals surface area contributed by atoms with E-state index in [9.17, 15) is 9.46 Å². The Morgan fingerprint density at radius 3 is 1.75 bits per heavy atom. The van der Waals surface area contributed by atoms with Gasteiger partial charge in [0.15, 0.2) is 0 Å². The molecule has 6 nitrogen and oxygen atoms in total. The minimum absolute atomic E-state index is 0.0739. The molecule has 0 bridgehead atoms. The van der Waals surface area contributed by atoms with Crippen molar-refractivity contribution in [3.63, 3.8) is 0 Å². The predicted molar refractivity (Wildman–Crippen MR) is 135 cm³/mol. The van der Waals surface area contributed by atoms with Gasteiger partial charge in [-0.2, -0.15) is 0 Å². The van der Waals surface area contributed by atoms with Gasteiger partial charge in [0, 0.05) is 6.61 Å². The number of quaternary nitrogens is 1. The molecular weight excluding hydrogens is 425 g/mol. The summed E-state index contributed by atoms with van der Waals surface area (Å²) in [5, 5.41) is 0. The van der Waals surface area contributed by atoms with Crippen LogP contribution in [0.3, 0.4) is 0 Å². The molecule has 0 fully saturated rings. The van der Waals surface area contributed by atoms with Crippen molar-refractivity contribution in [1.82, 2.24) is 0 Å². The van der Waals surface area contributed by atoms with Gasteiger partial charge in [-0.15, -0.1) is 0 Å². The van der Waals surface area contributed by atoms with Gasteiger partial charge >= 0.3 is 7.82 Å². The molecule has 0 aromatic rings. The molecule has 0 radical (unpaired) electrons. The number of rotatable bonds is 24. The minimum Gasteiger partial charge on any atom is -0.379 e. The normalized spacial score (nSPS) is 14.3. The van der Waals surface area contributed by atoms with Crippen molar-refractivity contribution in [3.05, 3.63) is 12.2 Å². The Morgan fingerprint density at radius 1 is 0.688 bits per heavy atom. The van der Waals surface area contributed by atoms with Gasteiger partial charge in [0.25, 0.3) is 0 Å². The van der Waals surface area contributed by atoms with E-state index in [1.54, 1.807) is 0 Å². The van der Waals surface area contributed by atoms with E-state index in [1.165, 1.54) is 83.5 Å². The average Bonchev–Trinajstić information content (AvgIpc) is 2.71. The van der Waals surface area contributed by atoms with Gasteiger partial charge in [0.2, 0.25) is 0 Å². The van der Waals surface area contributed by atoms with Gasteiger partial charge in [-0.25, -0.2) is 4.57 Å². The number of unbranched alkanes of at least 4 members (excludes halogenated alkanes) is 12. The highest BCUT2D eigenvalue weighted by Crippen LogP contribution is 2.42. The third kappa shape index (κ3) is 26.0. The molecule has 0 amide bonds. The zero-order chi connectivity index (χ0) is 24.0. The van der Waals surface area contributed by atoms with Crippen LogP contribution in [0, 0.1) is 0 Å². The zero-order valence-electron chi connectivity index (χ0n) is 21.6. The zero-order valence-corrected chi connectivity index (χ0v) is 22.5. The first-order chi connectivity index (χ1) is 15.3. The van der Waals surface area contributed by atoms with Crippen molar-refractivity contribution >= 4 is 7.82 Å². The van der Waals surface area contributed by atoms with Gasteiger partial charge in [0.1, 0.15) is 13.2 Å². The van der Waals surface area contributed by atoms with Crippen LogP contribution in [0.2, 0.25) is 0 Å². The second-order valence-corrected chi connectivity index (χ2v) is 11.2. The van der Waals surface area contributed by atoms with Gasteiger partial charge in [-0.3, -0.25) is 9.05 Å². The van der Waals surface area contributed by atoms with E-state index in [2.05, 4.69) is 19.1 Å². The van der Waals surface area contributed by atoms with Crippen LogP contribution in [0.1, 0.15) is 96.8 Å². The number of phosphoric acid groups is 1. The molecule has 0 rings (SSSR count). The van der Waals surface area contributed by atoms with Crippen LogP contribution < -0.4 is 0 Å². The summed E-state index contributed by atoms with van der Waals surface area (Å²) in [6.07, 6.45) is 22.8. The standard InChI is InChI=1S/C25H52NO5P/c1-5-6-7-8-9-10-11-12-13-14-15-16-17-18-19-20-22-29-24-25-31-32(27,28)30-23-21-26(2,3)4/h12-13H,5-11,14-25H2,1-4H3/p+1/b13-12-. The molecule has 0 saturated heterocycles. The van der Waals surface area contributed by atoms with Crippen LogP contribution in [0.15, 0.2) is 12.2 Å². The summed E-state index contributed by atoms with van der Waals surface area (Å²) < 4.78 is 27.8. The predicted octanol–water partition coefficient (Wildman–Crippen LogP) is 6.88. The molecule has 0 aromatic carbocycles. The molecule has 192 valence electrons. The summed E-state index contributed by atoms with van der Waals surface area (Å²) >= 11 is 0. The molecule has 1 unspecified atom stereocenters. The highest BCUT2D eigenvalue weighted by atomic mass is 31.2. The first kappa shape index (κ1) is 31.8. The second kappa shape index (κ2) is 21.3. The van der Waals surface area contributed by atoms with Crippen LogP contribution in [0.5, 0.6) is 0 Å². The van der Waals surface area contributed by atoms with Crippen LogP contribution >= 0.6 is 7.82 Å². The van der Waals surface area contributed by atoms with Crippen molar-refractivity contribution in [2.45, 2.75) is 96.8 Å². The fourth-order valence-corrected chi connectivity index (χ4v) is 3.92. The summed E-state index contributed by atoms with van der Waals surface area (Å²) in [5.74, 6) is 0. The Hall–Kier alpha value is -0.230. The molecule has 0 heterocycles. The quantitative estimate of drug-likeness (QED) is 0.0709. The summed E-state index contributed by atoms with van der Waals surface area (Å²) in [6.45, 7) is 4.15. The first-order valence-electron chi connectivity index (χ1n) is 12.9. The molecular formula is C25H53NO5P+. The lowest BCUT2D eigenvalue weighted by molar-refractivity contribution is -0.870. The summed E-state index contributed by atoms with van der Waals surface area (Å²) in [6, 6.07) is 0. The highest BCUT2D eigenvalue weighted by Gasteiger charge is 2.22. The Kier molecular flexibility index (Phi) is 21.2. The van der Waals surface area contributed by atoms with Gasteiger partial charge in [0.05, 0.1) is 34.4 Å². The third-order valence-corrected chi connectivity index (χ3v) is 6.32. The van der Waals surface area contributed by atoms with E-state index in [0.717, 1.165) is 6.42 Å². The molecule has 1 atom stereocenters. The smallest absolute Gasteiger partial charge is 0.379 e. The molecule has 0 aromatic heterocycles. The van der Waals surface area contributed by atoms with E-state index >= 15 is 0 Å². The fourth-order valence-electron chi connectivity index (χ4n) is 3.23. The molecule has 1 N–H and O–H groups in total. The van der Waals surface area contributed by atoms with E-state index in [1.807, 2.05) is 21.1 Å².